The molecule has 4 saturated heterocycles. The topological polar surface area (TPSA) is 151 Å². The SMILES string of the molecule is CCn1nnc(-c2ccc(-c3ccc(N4C(=O)O[C@@]5([C@H](O)C(F)F)OP6(=O)OC45O6)cc3F)cn2)n1. The first-order valence-electron chi connectivity index (χ1n) is 10.4. The third-order valence-electron chi connectivity index (χ3n) is 5.75. The van der Waals surface area contributed by atoms with E-state index in [-0.39, 0.29) is 17.1 Å². The van der Waals surface area contributed by atoms with E-state index >= 15 is 4.39 Å². The van der Waals surface area contributed by atoms with Gasteiger partial charge >= 0.3 is 25.6 Å². The molecule has 0 radical (unpaired) electrons. The summed E-state index contributed by atoms with van der Waals surface area (Å²) in [6.07, 6.45) is -6.23. The largest absolute Gasteiger partial charge is 0.486 e. The van der Waals surface area contributed by atoms with Crippen molar-refractivity contribution in [3.05, 3.63) is 42.3 Å². The lowest BCUT2D eigenvalue weighted by molar-refractivity contribution is -0.297. The minimum atomic E-state index is -4.36. The first-order chi connectivity index (χ1) is 17.1. The summed E-state index contributed by atoms with van der Waals surface area (Å²) < 4.78 is 73.8. The molecule has 1 N–H and O–H groups in total. The maximum Gasteiger partial charge on any atom is 0.486 e. The van der Waals surface area contributed by atoms with Crippen LogP contribution in [-0.2, 0) is 29.4 Å². The fourth-order valence-corrected chi connectivity index (χ4v) is 5.80. The number of aryl methyl sites for hydroxylation is 1. The number of carbonyl (C=O) groups excluding carboxylic acids is 1. The van der Waals surface area contributed by atoms with Crippen LogP contribution in [0.4, 0.5) is 23.7 Å². The number of phosphoric acid groups is 1. The highest BCUT2D eigenvalue weighted by molar-refractivity contribution is 7.50. The van der Waals surface area contributed by atoms with Gasteiger partial charge in [0.25, 0.3) is 6.43 Å². The highest BCUT2D eigenvalue weighted by Crippen LogP contribution is 2.81. The summed E-state index contributed by atoms with van der Waals surface area (Å²) in [7, 11) is -4.36. The summed E-state index contributed by atoms with van der Waals surface area (Å²) in [6.45, 7) is 2.37. The van der Waals surface area contributed by atoms with Crippen LogP contribution in [0, 0.1) is 5.82 Å². The Kier molecular flexibility index (Phi) is 4.81. The summed E-state index contributed by atoms with van der Waals surface area (Å²) in [6, 6.07) is 6.55. The van der Waals surface area contributed by atoms with E-state index in [0.29, 0.717) is 22.7 Å². The number of aliphatic hydroxyl groups excluding tert-OH is 1. The second-order valence-corrected chi connectivity index (χ2v) is 9.29. The van der Waals surface area contributed by atoms with Gasteiger partial charge in [-0.05, 0) is 36.4 Å². The van der Waals surface area contributed by atoms with E-state index in [1.807, 2.05) is 6.92 Å². The van der Waals surface area contributed by atoms with Gasteiger partial charge in [-0.25, -0.2) is 41.0 Å². The number of anilines is 1. The molecule has 0 unspecified atom stereocenters. The van der Waals surface area contributed by atoms with Crippen molar-refractivity contribution in [3.8, 4) is 22.6 Å². The zero-order chi connectivity index (χ0) is 25.5. The van der Waals surface area contributed by atoms with Gasteiger partial charge in [0.15, 0.2) is 6.10 Å². The Balaban J connectivity index is 1.32. The van der Waals surface area contributed by atoms with Crippen LogP contribution >= 0.6 is 7.82 Å². The van der Waals surface area contributed by atoms with Crippen molar-refractivity contribution >= 4 is 19.6 Å². The third kappa shape index (κ3) is 2.99. The smallest absolute Gasteiger partial charge is 0.404 e. The average Bonchev–Trinajstić information content (AvgIpc) is 3.52. The van der Waals surface area contributed by atoms with E-state index in [4.69, 9.17) is 18.3 Å². The standard InChI is InChI=1S/C19H14F3N6O7P/c1-2-27-25-16(24-26-27)13-6-3-9(8-23-13)11-5-4-10(7-12(11)20)28-17(30)32-18(14(29)15(21)22)19(28)34-36(31,33-18)35-19/h3-8,14-15,29H,2H2,1H3/t14-,18+,19?,36?/m1/s1. The van der Waals surface area contributed by atoms with Gasteiger partial charge in [0.05, 0.1) is 12.2 Å². The summed E-state index contributed by atoms with van der Waals surface area (Å²) >= 11 is 0. The van der Waals surface area contributed by atoms with Crippen molar-refractivity contribution in [2.24, 2.45) is 0 Å². The predicted molar refractivity (Wildman–Crippen MR) is 109 cm³/mol. The minimum absolute atomic E-state index is 0.0794. The Morgan fingerprint density at radius 1 is 1.19 bits per heavy atom. The van der Waals surface area contributed by atoms with Crippen LogP contribution in [0.3, 0.4) is 0 Å². The molecule has 7 rings (SSSR count). The zero-order valence-electron chi connectivity index (χ0n) is 18.0. The van der Waals surface area contributed by atoms with Crippen molar-refractivity contribution in [1.29, 1.82) is 0 Å². The molecule has 3 aromatic rings. The van der Waals surface area contributed by atoms with Crippen molar-refractivity contribution in [2.75, 3.05) is 4.90 Å². The molecule has 188 valence electrons. The number of halogens is 3. The van der Waals surface area contributed by atoms with Crippen molar-refractivity contribution in [1.82, 2.24) is 25.2 Å². The molecule has 13 nitrogen and oxygen atoms in total. The number of tetrazole rings is 1. The number of pyridine rings is 1. The second kappa shape index (κ2) is 7.54. The molecule has 36 heavy (non-hydrogen) atoms. The number of phosphoric ester groups is 1. The molecule has 2 aromatic heterocycles. The fourth-order valence-electron chi connectivity index (χ4n) is 4.10. The molecule has 6 heterocycles. The number of benzene rings is 1. The molecule has 2 atom stereocenters. The van der Waals surface area contributed by atoms with Crippen LogP contribution in [0.1, 0.15) is 6.92 Å². The lowest BCUT2D eigenvalue weighted by Crippen LogP contribution is -2.65. The van der Waals surface area contributed by atoms with Gasteiger partial charge in [0, 0.05) is 17.3 Å². The minimum Gasteiger partial charge on any atom is -0.404 e. The number of alkyl halides is 2. The number of hydrogen-bond donors (Lipinski definition) is 1. The van der Waals surface area contributed by atoms with Crippen LogP contribution in [0.15, 0.2) is 36.5 Å². The van der Waals surface area contributed by atoms with E-state index in [1.165, 1.54) is 23.1 Å². The Bertz CT molecular complexity index is 1430. The highest BCUT2D eigenvalue weighted by Gasteiger charge is 2.92. The number of carbonyl (C=O) groups is 1. The van der Waals surface area contributed by atoms with Crippen LogP contribution in [0.25, 0.3) is 22.6 Å². The monoisotopic (exact) mass is 526 g/mol. The van der Waals surface area contributed by atoms with Crippen LogP contribution < -0.4 is 4.90 Å². The molecule has 0 saturated carbocycles. The van der Waals surface area contributed by atoms with Gasteiger partial charge in [-0.3, -0.25) is 4.98 Å². The number of nitrogens with zero attached hydrogens (tertiary/aromatic N) is 6. The molecular weight excluding hydrogens is 512 g/mol. The maximum absolute atomic E-state index is 15.1. The van der Waals surface area contributed by atoms with Gasteiger partial charge in [-0.2, -0.15) is 4.80 Å². The van der Waals surface area contributed by atoms with E-state index in [0.717, 1.165) is 6.07 Å². The Morgan fingerprint density at radius 3 is 2.58 bits per heavy atom. The first-order valence-corrected chi connectivity index (χ1v) is 11.8. The number of amides is 1. The first kappa shape index (κ1) is 23.0. The van der Waals surface area contributed by atoms with E-state index in [2.05, 4.69) is 20.4 Å². The molecule has 1 spiro atoms. The van der Waals surface area contributed by atoms with Gasteiger partial charge in [0.1, 0.15) is 11.5 Å². The summed E-state index contributed by atoms with van der Waals surface area (Å²) in [5.41, 5.74) is 0.593. The van der Waals surface area contributed by atoms with Crippen LogP contribution in [0.5, 0.6) is 0 Å². The molecule has 0 aliphatic carbocycles. The highest BCUT2D eigenvalue weighted by atomic mass is 31.2. The Morgan fingerprint density at radius 2 is 1.97 bits per heavy atom. The van der Waals surface area contributed by atoms with Gasteiger partial charge < -0.3 is 9.84 Å². The number of ether oxygens (including phenoxy) is 1. The molecule has 1 aromatic carbocycles. The Hall–Kier alpha value is -3.43. The average molecular weight is 526 g/mol. The molecule has 17 heteroatoms. The number of aromatic nitrogens is 5. The molecular formula is C19H14F3N6O7P. The van der Waals surface area contributed by atoms with Gasteiger partial charge in [0.2, 0.25) is 5.82 Å². The quantitative estimate of drug-likeness (QED) is 0.472. The van der Waals surface area contributed by atoms with E-state index < -0.39 is 44.0 Å². The molecule has 4 aliphatic rings. The lowest BCUT2D eigenvalue weighted by Gasteiger charge is -2.39. The third-order valence-corrected chi connectivity index (χ3v) is 7.19. The normalized spacial score (nSPS) is 29.3. The number of aliphatic hydroxyl groups is 1. The lowest BCUT2D eigenvalue weighted by atomic mass is 10.0. The van der Waals surface area contributed by atoms with Gasteiger partial charge in [-0.15, -0.1) is 10.2 Å². The van der Waals surface area contributed by atoms with Crippen LogP contribution in [-0.4, -0.2) is 60.6 Å². The predicted octanol–water partition coefficient (Wildman–Crippen LogP) is 2.68. The summed E-state index contributed by atoms with van der Waals surface area (Å²) in [4.78, 5) is 18.7. The molecule has 4 fully saturated rings. The molecule has 1 amide bonds. The fraction of sp³-hybridized carbons (Fsp3) is 0.316. The second-order valence-electron chi connectivity index (χ2n) is 7.85. The van der Waals surface area contributed by atoms with E-state index in [9.17, 15) is 23.2 Å². The maximum atomic E-state index is 15.1. The molecule has 4 aliphatic heterocycles. The van der Waals surface area contributed by atoms with Crippen molar-refractivity contribution in [2.45, 2.75) is 37.7 Å². The van der Waals surface area contributed by atoms with Gasteiger partial charge in [-0.1, -0.05) is 6.07 Å². The summed E-state index contributed by atoms with van der Waals surface area (Å²) in [5, 5.41) is 21.9. The number of rotatable bonds is 6. The number of hydrogen-bond acceptors (Lipinski definition) is 11. The molecule has 2 bridgehead atoms. The summed E-state index contributed by atoms with van der Waals surface area (Å²) in [5.74, 6) is -6.11. The van der Waals surface area contributed by atoms with Crippen LogP contribution in [0.2, 0.25) is 0 Å². The Labute approximate surface area is 199 Å². The zero-order valence-corrected chi connectivity index (χ0v) is 18.9. The van der Waals surface area contributed by atoms with Crippen molar-refractivity contribution in [3.63, 3.8) is 0 Å². The van der Waals surface area contributed by atoms with Crippen molar-refractivity contribution < 1.29 is 45.9 Å². The van der Waals surface area contributed by atoms with E-state index in [1.54, 1.807) is 12.1 Å².